The molecule has 0 atom stereocenters. The van der Waals surface area contributed by atoms with E-state index in [0.717, 1.165) is 45.2 Å². The SMILES string of the molecule is CN(C)CCCNC(=O)C1CCC(C(=O)NC(C)(C)C)CC1. The molecule has 0 saturated heterocycles. The van der Waals surface area contributed by atoms with Crippen LogP contribution in [0.2, 0.25) is 0 Å². The standard InChI is InChI=1S/C17H33N3O2/c1-17(2,3)19-16(22)14-9-7-13(8-10-14)15(21)18-11-6-12-20(4)5/h13-14H,6-12H2,1-5H3,(H,18,21)(H,19,22). The lowest BCUT2D eigenvalue weighted by Crippen LogP contribution is -2.45. The normalized spacial score (nSPS) is 22.5. The maximum Gasteiger partial charge on any atom is 0.223 e. The van der Waals surface area contributed by atoms with Crippen molar-refractivity contribution in [3.8, 4) is 0 Å². The van der Waals surface area contributed by atoms with Gasteiger partial charge in [0.05, 0.1) is 0 Å². The Labute approximate surface area is 135 Å². The summed E-state index contributed by atoms with van der Waals surface area (Å²) in [7, 11) is 4.07. The molecule has 1 aliphatic carbocycles. The fourth-order valence-electron chi connectivity index (χ4n) is 2.84. The largest absolute Gasteiger partial charge is 0.356 e. The molecule has 1 saturated carbocycles. The second kappa shape index (κ2) is 8.51. The summed E-state index contributed by atoms with van der Waals surface area (Å²) in [5.74, 6) is 0.445. The first kappa shape index (κ1) is 18.9. The van der Waals surface area contributed by atoms with Crippen molar-refractivity contribution in [2.45, 2.75) is 58.4 Å². The van der Waals surface area contributed by atoms with E-state index in [1.54, 1.807) is 0 Å². The highest BCUT2D eigenvalue weighted by Crippen LogP contribution is 2.29. The molecule has 0 bridgehead atoms. The Kier molecular flexibility index (Phi) is 7.33. The fraction of sp³-hybridized carbons (Fsp3) is 0.882. The quantitative estimate of drug-likeness (QED) is 0.735. The Hall–Kier alpha value is -1.10. The van der Waals surface area contributed by atoms with Gasteiger partial charge in [-0.05, 0) is 73.5 Å². The Morgan fingerprint density at radius 1 is 1.00 bits per heavy atom. The molecule has 22 heavy (non-hydrogen) atoms. The predicted octanol–water partition coefficient (Wildman–Crippen LogP) is 1.78. The van der Waals surface area contributed by atoms with E-state index in [1.165, 1.54) is 0 Å². The van der Waals surface area contributed by atoms with E-state index in [9.17, 15) is 9.59 Å². The fourth-order valence-corrected chi connectivity index (χ4v) is 2.84. The Balaban J connectivity index is 2.27. The maximum absolute atomic E-state index is 12.1. The number of amides is 2. The van der Waals surface area contributed by atoms with Gasteiger partial charge in [0, 0.05) is 23.9 Å². The molecule has 0 aliphatic heterocycles. The van der Waals surface area contributed by atoms with Crippen molar-refractivity contribution in [3.05, 3.63) is 0 Å². The van der Waals surface area contributed by atoms with Gasteiger partial charge in [-0.25, -0.2) is 0 Å². The first-order valence-corrected chi connectivity index (χ1v) is 8.43. The third-order valence-corrected chi connectivity index (χ3v) is 4.05. The van der Waals surface area contributed by atoms with Crippen LogP contribution in [0.5, 0.6) is 0 Å². The van der Waals surface area contributed by atoms with Crippen LogP contribution in [0.1, 0.15) is 52.9 Å². The average Bonchev–Trinajstić information content (AvgIpc) is 2.41. The van der Waals surface area contributed by atoms with E-state index in [-0.39, 0.29) is 29.2 Å². The summed E-state index contributed by atoms with van der Waals surface area (Å²) in [4.78, 5) is 26.4. The predicted molar refractivity (Wildman–Crippen MR) is 89.5 cm³/mol. The van der Waals surface area contributed by atoms with Crippen molar-refractivity contribution in [1.29, 1.82) is 0 Å². The number of rotatable bonds is 6. The average molecular weight is 311 g/mol. The van der Waals surface area contributed by atoms with E-state index in [2.05, 4.69) is 15.5 Å². The summed E-state index contributed by atoms with van der Waals surface area (Å²) in [5.41, 5.74) is -0.183. The number of hydrogen-bond donors (Lipinski definition) is 2. The molecular weight excluding hydrogens is 278 g/mol. The Bertz CT molecular complexity index is 367. The summed E-state index contributed by atoms with van der Waals surface area (Å²) < 4.78 is 0. The van der Waals surface area contributed by atoms with Gasteiger partial charge in [0.15, 0.2) is 0 Å². The van der Waals surface area contributed by atoms with Crippen LogP contribution in [-0.4, -0.2) is 49.4 Å². The van der Waals surface area contributed by atoms with Crippen LogP contribution in [0.25, 0.3) is 0 Å². The summed E-state index contributed by atoms with van der Waals surface area (Å²) in [6.07, 6.45) is 4.25. The molecule has 0 radical (unpaired) electrons. The summed E-state index contributed by atoms with van der Waals surface area (Å²) >= 11 is 0. The van der Waals surface area contributed by atoms with Crippen molar-refractivity contribution in [2.24, 2.45) is 11.8 Å². The van der Waals surface area contributed by atoms with Crippen LogP contribution >= 0.6 is 0 Å². The number of hydrogen-bond acceptors (Lipinski definition) is 3. The van der Waals surface area contributed by atoms with Gasteiger partial charge in [-0.2, -0.15) is 0 Å². The third-order valence-electron chi connectivity index (χ3n) is 4.05. The minimum Gasteiger partial charge on any atom is -0.356 e. The molecule has 2 amide bonds. The number of carbonyl (C=O) groups excluding carboxylic acids is 2. The van der Waals surface area contributed by atoms with E-state index in [4.69, 9.17) is 0 Å². The van der Waals surface area contributed by atoms with Gasteiger partial charge in [0.1, 0.15) is 0 Å². The van der Waals surface area contributed by atoms with E-state index < -0.39 is 0 Å². The Morgan fingerprint density at radius 3 is 1.95 bits per heavy atom. The summed E-state index contributed by atoms with van der Waals surface area (Å²) in [6, 6.07) is 0. The zero-order valence-electron chi connectivity index (χ0n) is 14.9. The highest BCUT2D eigenvalue weighted by atomic mass is 16.2. The summed E-state index contributed by atoms with van der Waals surface area (Å²) in [6.45, 7) is 7.72. The molecule has 128 valence electrons. The lowest BCUT2D eigenvalue weighted by Gasteiger charge is -2.30. The smallest absolute Gasteiger partial charge is 0.223 e. The first-order valence-electron chi connectivity index (χ1n) is 8.43. The monoisotopic (exact) mass is 311 g/mol. The zero-order chi connectivity index (χ0) is 16.8. The van der Waals surface area contributed by atoms with Crippen LogP contribution < -0.4 is 10.6 Å². The minimum absolute atomic E-state index is 0.0667. The third kappa shape index (κ3) is 7.25. The van der Waals surface area contributed by atoms with Gasteiger partial charge in [0.25, 0.3) is 0 Å². The lowest BCUT2D eigenvalue weighted by molar-refractivity contribution is -0.131. The topological polar surface area (TPSA) is 61.4 Å². The van der Waals surface area contributed by atoms with E-state index >= 15 is 0 Å². The number of nitrogens with zero attached hydrogens (tertiary/aromatic N) is 1. The van der Waals surface area contributed by atoms with Gasteiger partial charge >= 0.3 is 0 Å². The second-order valence-corrected chi connectivity index (χ2v) is 7.74. The highest BCUT2D eigenvalue weighted by Gasteiger charge is 2.30. The van der Waals surface area contributed by atoms with E-state index in [0.29, 0.717) is 0 Å². The molecule has 1 aliphatic rings. The molecule has 2 N–H and O–H groups in total. The van der Waals surface area contributed by atoms with Crippen LogP contribution in [-0.2, 0) is 9.59 Å². The molecule has 1 rings (SSSR count). The second-order valence-electron chi connectivity index (χ2n) is 7.74. The molecule has 0 aromatic rings. The molecule has 0 aromatic carbocycles. The molecule has 1 fully saturated rings. The first-order chi connectivity index (χ1) is 10.2. The summed E-state index contributed by atoms with van der Waals surface area (Å²) in [5, 5.41) is 6.07. The van der Waals surface area contributed by atoms with Crippen LogP contribution in [0.4, 0.5) is 0 Å². The molecule has 0 unspecified atom stereocenters. The molecule has 0 aromatic heterocycles. The molecular formula is C17H33N3O2. The maximum atomic E-state index is 12.1. The van der Waals surface area contributed by atoms with Gasteiger partial charge in [-0.3, -0.25) is 9.59 Å². The number of carbonyl (C=O) groups is 2. The van der Waals surface area contributed by atoms with Crippen molar-refractivity contribution in [3.63, 3.8) is 0 Å². The van der Waals surface area contributed by atoms with Gasteiger partial charge in [-0.1, -0.05) is 0 Å². The number of nitrogens with one attached hydrogen (secondary N) is 2. The zero-order valence-corrected chi connectivity index (χ0v) is 14.9. The van der Waals surface area contributed by atoms with Crippen molar-refractivity contribution in [1.82, 2.24) is 15.5 Å². The van der Waals surface area contributed by atoms with Crippen LogP contribution in [0.3, 0.4) is 0 Å². The van der Waals surface area contributed by atoms with Gasteiger partial charge in [-0.15, -0.1) is 0 Å². The molecule has 0 heterocycles. The van der Waals surface area contributed by atoms with Crippen molar-refractivity contribution < 1.29 is 9.59 Å². The van der Waals surface area contributed by atoms with Crippen LogP contribution in [0, 0.1) is 11.8 Å². The Morgan fingerprint density at radius 2 is 1.50 bits per heavy atom. The molecule has 0 spiro atoms. The lowest BCUT2D eigenvalue weighted by atomic mass is 9.81. The highest BCUT2D eigenvalue weighted by molar-refractivity contribution is 5.81. The van der Waals surface area contributed by atoms with Crippen molar-refractivity contribution >= 4 is 11.8 Å². The van der Waals surface area contributed by atoms with Crippen molar-refractivity contribution in [2.75, 3.05) is 27.2 Å². The molecule has 5 nitrogen and oxygen atoms in total. The van der Waals surface area contributed by atoms with Gasteiger partial charge < -0.3 is 15.5 Å². The van der Waals surface area contributed by atoms with Crippen LogP contribution in [0.15, 0.2) is 0 Å². The minimum atomic E-state index is -0.183. The van der Waals surface area contributed by atoms with E-state index in [1.807, 2.05) is 34.9 Å². The molecule has 5 heteroatoms. The van der Waals surface area contributed by atoms with Gasteiger partial charge in [0.2, 0.25) is 11.8 Å².